The lowest BCUT2D eigenvalue weighted by Crippen LogP contribution is -2.62. The number of unbranched alkanes of at least 4 members (excludes halogenated alkanes) is 2. The van der Waals surface area contributed by atoms with Gasteiger partial charge in [0.1, 0.15) is 60.4 Å². The Hall–Kier alpha value is -8.23. The van der Waals surface area contributed by atoms with E-state index in [1.165, 1.54) is 36.1 Å². The zero-order valence-electron chi connectivity index (χ0n) is 54.3. The van der Waals surface area contributed by atoms with Gasteiger partial charge in [0.2, 0.25) is 59.1 Å². The molecule has 1 aliphatic heterocycles. The third-order valence-electron chi connectivity index (χ3n) is 15.8. The number of aromatic nitrogens is 3. The molecular weight excluding hydrogens is 1320 g/mol. The standard InChI is InChI=1S/C60H95N19O15S3/c1-32(80)48(57(91)75-43(26-34-28-66-31-69-34)54(88)70-38(14-5-7-20-61)50(84)71-40(17-18-47(81)82)51(85)76-44(29-95)55(89)73-41(59(93)94)19-24-97-2)78-52(86)39(15-6-8-21-62)72-56(90)46-16-10-23-79(46)58(92)45(30-96)77-53(87)42(25-33-27-68-37-13-4-3-11-35(33)37)74-49(83)36(63)12-9-22-67-60(64)65/h3-4,11,13,27-28,31-32,36,38-46,48,68,80,95-96H,5-10,12,14-26,29-30,61-63H2,1-2H3,(H,66,69)(H,70,88)(H,71,84)(H,72,90)(H,73,89)(H,74,83)(H,75,91)(H,76,85)(H,77,87)(H,78,86)(H,81,82)(H,93,94)(H4,64,65,67)/t32-,36+,38+,39+,40+,41+,42+,43+,44+,45+,46+,48+/m1/s1. The van der Waals surface area contributed by atoms with Crippen LogP contribution >= 0.6 is 37.0 Å². The van der Waals surface area contributed by atoms with Gasteiger partial charge in [0.05, 0.1) is 18.5 Å². The number of imidazole rings is 1. The van der Waals surface area contributed by atoms with E-state index in [1.807, 2.05) is 24.3 Å². The number of hydrogen-bond donors (Lipinski definition) is 21. The summed E-state index contributed by atoms with van der Waals surface area (Å²) >= 11 is 9.89. The number of likely N-dealkylation sites (tertiary alicyclic amines) is 1. The van der Waals surface area contributed by atoms with E-state index in [4.69, 9.17) is 28.7 Å². The van der Waals surface area contributed by atoms with E-state index in [0.717, 1.165) is 10.9 Å². The number of thioether (sulfide) groups is 1. The number of guanidine groups is 1. The molecule has 3 aromatic rings. The number of aliphatic imine (C=N–C) groups is 1. The highest BCUT2D eigenvalue weighted by atomic mass is 32.2. The fourth-order valence-corrected chi connectivity index (χ4v) is 11.4. The van der Waals surface area contributed by atoms with Crippen LogP contribution in [0.5, 0.6) is 0 Å². The minimum atomic E-state index is -1.82. The number of aliphatic hydroxyl groups is 1. The van der Waals surface area contributed by atoms with E-state index in [1.54, 1.807) is 12.5 Å². The van der Waals surface area contributed by atoms with Gasteiger partial charge in [-0.05, 0) is 121 Å². The average molecular weight is 1420 g/mol. The average Bonchev–Trinajstić information content (AvgIpc) is 1.80. The van der Waals surface area contributed by atoms with Crippen LogP contribution in [0.4, 0.5) is 0 Å². The van der Waals surface area contributed by atoms with Crippen LogP contribution in [-0.2, 0) is 70.4 Å². The predicted molar refractivity (Wildman–Crippen MR) is 367 cm³/mol. The Bertz CT molecular complexity index is 3140. The number of fused-ring (bicyclic) bond motifs is 1. The molecule has 1 aliphatic rings. The molecule has 1 fully saturated rings. The Morgan fingerprint density at radius 1 is 0.660 bits per heavy atom. The molecule has 0 aliphatic carbocycles. The van der Waals surface area contributed by atoms with Crippen LogP contribution in [0, 0.1) is 0 Å². The molecule has 4 rings (SSSR count). The highest BCUT2D eigenvalue weighted by molar-refractivity contribution is 7.98. The van der Waals surface area contributed by atoms with Crippen molar-refractivity contribution in [1.82, 2.24) is 67.7 Å². The number of benzene rings is 1. The molecule has 10 amide bonds. The Kier molecular flexibility index (Phi) is 35.5. The first-order chi connectivity index (χ1) is 46.3. The van der Waals surface area contributed by atoms with Gasteiger partial charge in [0.15, 0.2) is 5.96 Å². The summed E-state index contributed by atoms with van der Waals surface area (Å²) in [6.07, 6.45) is 5.03. The number of aliphatic hydroxyl groups excluding tert-OH is 1. The van der Waals surface area contributed by atoms with Crippen molar-refractivity contribution < 1.29 is 72.9 Å². The van der Waals surface area contributed by atoms with Crippen molar-refractivity contribution in [2.75, 3.05) is 49.7 Å². The fraction of sp³-hybridized carbons (Fsp3) is 0.600. The Morgan fingerprint density at radius 2 is 1.21 bits per heavy atom. The molecule has 24 N–H and O–H groups in total. The molecule has 0 unspecified atom stereocenters. The number of nitrogens with two attached hydrogens (primary N) is 5. The van der Waals surface area contributed by atoms with Crippen LogP contribution in [0.25, 0.3) is 10.9 Å². The number of nitrogens with zero attached hydrogens (tertiary/aromatic N) is 3. The van der Waals surface area contributed by atoms with Crippen LogP contribution in [0.2, 0.25) is 0 Å². The lowest BCUT2D eigenvalue weighted by Gasteiger charge is -2.31. The van der Waals surface area contributed by atoms with E-state index >= 15 is 0 Å². The molecule has 538 valence electrons. The zero-order chi connectivity index (χ0) is 71.7. The van der Waals surface area contributed by atoms with Gasteiger partial charge in [0.25, 0.3) is 0 Å². The van der Waals surface area contributed by atoms with Crippen molar-refractivity contribution >= 4 is 125 Å². The molecule has 97 heavy (non-hydrogen) atoms. The molecule has 0 saturated carbocycles. The SMILES string of the molecule is CSCC[C@H](NC(=O)[C@H](CS)NC(=O)[C@H](CCC(=O)O)NC(=O)[C@H](CCCCN)NC(=O)[C@H](Cc1cnc[nH]1)NC(=O)[C@@H](NC(=O)[C@H](CCCCN)NC(=O)[C@@H]1CCCN1C(=O)[C@H](CS)NC(=O)[C@H](Cc1c[nH]c2ccccc12)NC(=O)[C@@H](N)CCCN=C(N)N)[C@@H](C)O)C(=O)O. The Balaban J connectivity index is 1.54. The molecule has 34 nitrogen and oxygen atoms in total. The van der Waals surface area contributed by atoms with Crippen LogP contribution in [-0.4, -0.2) is 234 Å². The van der Waals surface area contributed by atoms with Gasteiger partial charge in [-0.3, -0.25) is 57.7 Å². The third kappa shape index (κ3) is 27.0. The molecule has 37 heteroatoms. The number of para-hydroxylation sites is 1. The second-order valence-electron chi connectivity index (χ2n) is 23.3. The quantitative estimate of drug-likeness (QED) is 0.0110. The summed E-state index contributed by atoms with van der Waals surface area (Å²) in [5.41, 5.74) is 30.4. The van der Waals surface area contributed by atoms with Crippen molar-refractivity contribution in [2.45, 2.75) is 176 Å². The summed E-state index contributed by atoms with van der Waals surface area (Å²) in [4.78, 5) is 180. The van der Waals surface area contributed by atoms with Gasteiger partial charge in [-0.1, -0.05) is 18.2 Å². The lowest BCUT2D eigenvalue weighted by molar-refractivity contribution is -0.142. The number of amides is 10. The highest BCUT2D eigenvalue weighted by Gasteiger charge is 2.41. The lowest BCUT2D eigenvalue weighted by atomic mass is 10.0. The largest absolute Gasteiger partial charge is 0.481 e. The summed E-state index contributed by atoms with van der Waals surface area (Å²) in [5, 5.41) is 54.1. The maximum absolute atomic E-state index is 14.5. The summed E-state index contributed by atoms with van der Waals surface area (Å²) in [7, 11) is 0. The van der Waals surface area contributed by atoms with Gasteiger partial charge in [-0.2, -0.15) is 37.0 Å². The maximum Gasteiger partial charge on any atom is 0.326 e. The number of carbonyl (C=O) groups is 12. The first-order valence-electron chi connectivity index (χ1n) is 31.9. The number of hydrogen-bond acceptors (Lipinski definition) is 21. The number of aromatic amines is 2. The van der Waals surface area contributed by atoms with Gasteiger partial charge in [-0.15, -0.1) is 0 Å². The Morgan fingerprint density at radius 3 is 1.78 bits per heavy atom. The minimum Gasteiger partial charge on any atom is -0.481 e. The van der Waals surface area contributed by atoms with Gasteiger partial charge < -0.3 is 107 Å². The van der Waals surface area contributed by atoms with Crippen molar-refractivity contribution in [3.63, 3.8) is 0 Å². The van der Waals surface area contributed by atoms with E-state index in [-0.39, 0.29) is 101 Å². The van der Waals surface area contributed by atoms with Crippen molar-refractivity contribution in [2.24, 2.45) is 33.7 Å². The van der Waals surface area contributed by atoms with Crippen LogP contribution in [0.1, 0.15) is 102 Å². The smallest absolute Gasteiger partial charge is 0.326 e. The topological polar surface area (TPSA) is 564 Å². The molecule has 12 atom stereocenters. The number of rotatable bonds is 45. The minimum absolute atomic E-state index is 0.0249. The van der Waals surface area contributed by atoms with E-state index < -0.39 is 156 Å². The summed E-state index contributed by atoms with van der Waals surface area (Å²) < 4.78 is 0. The first-order valence-corrected chi connectivity index (χ1v) is 34.5. The van der Waals surface area contributed by atoms with Crippen molar-refractivity contribution in [3.05, 3.63) is 54.2 Å². The van der Waals surface area contributed by atoms with Gasteiger partial charge >= 0.3 is 11.9 Å². The highest BCUT2D eigenvalue weighted by Crippen LogP contribution is 2.22. The molecule has 1 aromatic carbocycles. The van der Waals surface area contributed by atoms with Crippen LogP contribution in [0.15, 0.2) is 48.0 Å². The predicted octanol–water partition coefficient (Wildman–Crippen LogP) is -4.39. The fourth-order valence-electron chi connectivity index (χ4n) is 10.5. The second-order valence-corrected chi connectivity index (χ2v) is 25.0. The van der Waals surface area contributed by atoms with Gasteiger partial charge in [-0.25, -0.2) is 9.78 Å². The first kappa shape index (κ1) is 81.2. The number of carboxylic acid groups (broad SMARTS) is 2. The number of aliphatic carboxylic acids is 2. The molecule has 2 aromatic heterocycles. The van der Waals surface area contributed by atoms with Crippen LogP contribution in [0.3, 0.4) is 0 Å². The number of thiol groups is 2. The number of H-pyrrole nitrogens is 2. The summed E-state index contributed by atoms with van der Waals surface area (Å²) in [6, 6.07) is -8.21. The normalized spacial score (nSPS) is 16.2. The molecular formula is C60H95N19O15S3. The Labute approximate surface area is 576 Å². The van der Waals surface area contributed by atoms with E-state index in [2.05, 4.69) is 93.1 Å². The molecule has 0 bridgehead atoms. The summed E-state index contributed by atoms with van der Waals surface area (Å²) in [6.45, 7) is 1.82. The number of carboxylic acids is 2. The number of nitrogens with one attached hydrogen (secondary N) is 11. The van der Waals surface area contributed by atoms with Crippen molar-refractivity contribution in [1.29, 1.82) is 0 Å². The molecule has 1 saturated heterocycles. The monoisotopic (exact) mass is 1420 g/mol. The maximum atomic E-state index is 14.5. The second kappa shape index (κ2) is 42.4. The van der Waals surface area contributed by atoms with Crippen LogP contribution < -0.4 is 76.5 Å². The zero-order valence-corrected chi connectivity index (χ0v) is 56.9. The third-order valence-corrected chi connectivity index (χ3v) is 17.2. The van der Waals surface area contributed by atoms with Gasteiger partial charge in [0, 0.05) is 72.8 Å². The van der Waals surface area contributed by atoms with Crippen molar-refractivity contribution in [3.8, 4) is 0 Å². The number of carbonyl (C=O) groups excluding carboxylic acids is 10. The van der Waals surface area contributed by atoms with E-state index in [0.29, 0.717) is 42.7 Å². The molecule has 0 spiro atoms. The molecule has 0 radical (unpaired) electrons. The summed E-state index contributed by atoms with van der Waals surface area (Å²) in [5.74, 6) is -11.9. The molecule has 3 heterocycles. The van der Waals surface area contributed by atoms with E-state index in [9.17, 15) is 72.9 Å².